The van der Waals surface area contributed by atoms with Crippen LogP contribution in [0, 0.1) is 5.82 Å². The second-order valence-corrected chi connectivity index (χ2v) is 7.09. The minimum Gasteiger partial charge on any atom is -0.333 e. The Kier molecular flexibility index (Phi) is 5.27. The van der Waals surface area contributed by atoms with Crippen LogP contribution in [0.4, 0.5) is 4.39 Å². The van der Waals surface area contributed by atoms with Crippen LogP contribution in [0.25, 0.3) is 11.0 Å². The first-order valence-corrected chi connectivity index (χ1v) is 9.46. The molecule has 0 fully saturated rings. The zero-order chi connectivity index (χ0) is 20.4. The number of para-hydroxylation sites is 2. The largest absolute Gasteiger partial charge is 0.333 e. The number of imidazole rings is 1. The molecule has 29 heavy (non-hydrogen) atoms. The van der Waals surface area contributed by atoms with E-state index in [9.17, 15) is 9.18 Å². The molecule has 0 unspecified atom stereocenters. The number of fused-ring (bicyclic) bond motifs is 1. The Morgan fingerprint density at radius 1 is 1.10 bits per heavy atom. The molecule has 0 saturated carbocycles. The molecular formula is C22H18ClFN4O. The van der Waals surface area contributed by atoms with Crippen molar-refractivity contribution in [2.45, 2.75) is 13.1 Å². The van der Waals surface area contributed by atoms with E-state index in [4.69, 9.17) is 11.6 Å². The van der Waals surface area contributed by atoms with Crippen LogP contribution >= 0.6 is 11.6 Å². The summed E-state index contributed by atoms with van der Waals surface area (Å²) in [5.41, 5.74) is 2.36. The van der Waals surface area contributed by atoms with Gasteiger partial charge in [-0.3, -0.25) is 9.78 Å². The Labute approximate surface area is 172 Å². The number of halogens is 2. The van der Waals surface area contributed by atoms with Crippen molar-refractivity contribution in [2.24, 2.45) is 0 Å². The smallest absolute Gasteiger partial charge is 0.272 e. The normalized spacial score (nSPS) is 11.0. The number of hydrogen-bond acceptors (Lipinski definition) is 3. The molecule has 0 aliphatic rings. The molecular weight excluding hydrogens is 391 g/mol. The maximum Gasteiger partial charge on any atom is 0.272 e. The first-order valence-electron chi connectivity index (χ1n) is 9.08. The van der Waals surface area contributed by atoms with Crippen molar-refractivity contribution >= 4 is 28.5 Å². The third kappa shape index (κ3) is 3.84. The third-order valence-electron chi connectivity index (χ3n) is 4.72. The molecule has 0 atom stereocenters. The predicted molar refractivity (Wildman–Crippen MR) is 110 cm³/mol. The Bertz CT molecular complexity index is 1160. The summed E-state index contributed by atoms with van der Waals surface area (Å²) in [6.07, 6.45) is 1.58. The van der Waals surface area contributed by atoms with Crippen molar-refractivity contribution in [3.8, 4) is 0 Å². The molecule has 2 aromatic heterocycles. The molecule has 0 N–H and O–H groups in total. The number of carbonyl (C=O) groups excluding carboxylic acids is 1. The average Bonchev–Trinajstić information content (AvgIpc) is 3.07. The number of aromatic nitrogens is 3. The fraction of sp³-hybridized carbons (Fsp3) is 0.136. The van der Waals surface area contributed by atoms with E-state index in [2.05, 4.69) is 9.97 Å². The summed E-state index contributed by atoms with van der Waals surface area (Å²) in [6, 6.07) is 17.4. The molecule has 7 heteroatoms. The second-order valence-electron chi connectivity index (χ2n) is 6.68. The van der Waals surface area contributed by atoms with Crippen molar-refractivity contribution in [3.05, 3.63) is 94.8 Å². The molecule has 5 nitrogen and oxygen atoms in total. The molecule has 0 radical (unpaired) electrons. The van der Waals surface area contributed by atoms with Crippen molar-refractivity contribution in [1.82, 2.24) is 19.4 Å². The van der Waals surface area contributed by atoms with Gasteiger partial charge in [-0.05, 0) is 36.4 Å². The van der Waals surface area contributed by atoms with Gasteiger partial charge in [0.1, 0.15) is 17.3 Å². The average molecular weight is 409 g/mol. The molecule has 0 saturated heterocycles. The number of pyridine rings is 1. The highest BCUT2D eigenvalue weighted by atomic mass is 35.5. The number of hydrogen-bond donors (Lipinski definition) is 0. The van der Waals surface area contributed by atoms with Gasteiger partial charge < -0.3 is 9.47 Å². The minimum atomic E-state index is -0.376. The van der Waals surface area contributed by atoms with E-state index in [1.165, 1.54) is 6.07 Å². The highest BCUT2D eigenvalue weighted by Gasteiger charge is 2.19. The summed E-state index contributed by atoms with van der Waals surface area (Å²) >= 11 is 6.24. The van der Waals surface area contributed by atoms with Crippen LogP contribution in [0.15, 0.2) is 66.9 Å². The minimum absolute atomic E-state index is 0.215. The van der Waals surface area contributed by atoms with Crippen molar-refractivity contribution in [1.29, 1.82) is 0 Å². The predicted octanol–water partition coefficient (Wildman–Crippen LogP) is 4.54. The number of nitrogens with zero attached hydrogens (tertiary/aromatic N) is 4. The van der Waals surface area contributed by atoms with Gasteiger partial charge in [0.2, 0.25) is 0 Å². The zero-order valence-corrected chi connectivity index (χ0v) is 16.5. The van der Waals surface area contributed by atoms with Crippen LogP contribution in [0.3, 0.4) is 0 Å². The number of carbonyl (C=O) groups is 1. The molecule has 4 aromatic rings. The van der Waals surface area contributed by atoms with Gasteiger partial charge in [0.25, 0.3) is 5.91 Å². The van der Waals surface area contributed by atoms with E-state index in [0.717, 1.165) is 11.0 Å². The first kappa shape index (κ1) is 19.1. The van der Waals surface area contributed by atoms with E-state index >= 15 is 0 Å². The monoisotopic (exact) mass is 408 g/mol. The van der Waals surface area contributed by atoms with Gasteiger partial charge in [-0.15, -0.1) is 0 Å². The number of amides is 1. The number of rotatable bonds is 5. The van der Waals surface area contributed by atoms with Gasteiger partial charge >= 0.3 is 0 Å². The number of benzene rings is 2. The maximum absolute atomic E-state index is 14.4. The molecule has 4 rings (SSSR count). The maximum atomic E-state index is 14.4. The van der Waals surface area contributed by atoms with Crippen LogP contribution in [0.1, 0.15) is 21.9 Å². The molecule has 2 aromatic carbocycles. The van der Waals surface area contributed by atoms with E-state index in [-0.39, 0.29) is 24.8 Å². The highest BCUT2D eigenvalue weighted by molar-refractivity contribution is 6.31. The standard InChI is InChI=1S/C22H18ClFN4O/c1-27(22(29)19-10-4-5-12-25-19)14-21-26-18-9-2-3-11-20(18)28(21)13-15-16(23)7-6-8-17(15)24/h2-12H,13-14H2,1H3. The van der Waals surface area contributed by atoms with Crippen molar-refractivity contribution in [2.75, 3.05) is 7.05 Å². The second kappa shape index (κ2) is 8.01. The SMILES string of the molecule is CN(Cc1nc2ccccc2n1Cc1c(F)cccc1Cl)C(=O)c1ccccn1. The lowest BCUT2D eigenvalue weighted by Crippen LogP contribution is -2.28. The van der Waals surface area contributed by atoms with Crippen LogP contribution in [0.5, 0.6) is 0 Å². The Morgan fingerprint density at radius 3 is 2.66 bits per heavy atom. The molecule has 2 heterocycles. The van der Waals surface area contributed by atoms with Crippen molar-refractivity contribution < 1.29 is 9.18 Å². The Hall–Kier alpha value is -3.25. The zero-order valence-electron chi connectivity index (χ0n) is 15.7. The van der Waals surface area contributed by atoms with Gasteiger partial charge in [0.15, 0.2) is 0 Å². The van der Waals surface area contributed by atoms with Gasteiger partial charge in [0.05, 0.1) is 24.1 Å². The highest BCUT2D eigenvalue weighted by Crippen LogP contribution is 2.24. The van der Waals surface area contributed by atoms with Crippen LogP contribution < -0.4 is 0 Å². The summed E-state index contributed by atoms with van der Waals surface area (Å²) in [4.78, 5) is 23.0. The van der Waals surface area contributed by atoms with E-state index in [1.54, 1.807) is 48.5 Å². The summed E-state index contributed by atoms with van der Waals surface area (Å²) in [6.45, 7) is 0.461. The molecule has 146 valence electrons. The van der Waals surface area contributed by atoms with Gasteiger partial charge in [-0.2, -0.15) is 0 Å². The topological polar surface area (TPSA) is 51.0 Å². The summed E-state index contributed by atoms with van der Waals surface area (Å²) in [5, 5.41) is 0.353. The van der Waals surface area contributed by atoms with Crippen molar-refractivity contribution in [3.63, 3.8) is 0 Å². The van der Waals surface area contributed by atoms with E-state index in [1.807, 2.05) is 28.8 Å². The van der Waals surface area contributed by atoms with E-state index in [0.29, 0.717) is 22.1 Å². The summed E-state index contributed by atoms with van der Waals surface area (Å²) in [5.74, 6) is 0.0459. The summed E-state index contributed by atoms with van der Waals surface area (Å²) in [7, 11) is 1.69. The Balaban J connectivity index is 1.71. The third-order valence-corrected chi connectivity index (χ3v) is 5.07. The molecule has 0 bridgehead atoms. The van der Waals surface area contributed by atoms with Crippen LogP contribution in [-0.4, -0.2) is 32.4 Å². The van der Waals surface area contributed by atoms with E-state index < -0.39 is 0 Å². The quantitative estimate of drug-likeness (QED) is 0.487. The fourth-order valence-electron chi connectivity index (χ4n) is 3.23. The van der Waals surface area contributed by atoms with Crippen LogP contribution in [0.2, 0.25) is 5.02 Å². The fourth-order valence-corrected chi connectivity index (χ4v) is 3.46. The van der Waals surface area contributed by atoms with Gasteiger partial charge in [0, 0.05) is 23.8 Å². The Morgan fingerprint density at radius 2 is 1.90 bits per heavy atom. The summed E-state index contributed by atoms with van der Waals surface area (Å²) < 4.78 is 16.3. The molecule has 0 spiro atoms. The first-order chi connectivity index (χ1) is 14.0. The molecule has 0 aliphatic carbocycles. The lowest BCUT2D eigenvalue weighted by molar-refractivity contribution is 0.0774. The lowest BCUT2D eigenvalue weighted by Gasteiger charge is -2.18. The molecule has 1 amide bonds. The molecule has 0 aliphatic heterocycles. The lowest BCUT2D eigenvalue weighted by atomic mass is 10.2. The van der Waals surface area contributed by atoms with Crippen LogP contribution in [-0.2, 0) is 13.1 Å². The van der Waals surface area contributed by atoms with Gasteiger partial charge in [-0.25, -0.2) is 9.37 Å². The van der Waals surface area contributed by atoms with Gasteiger partial charge in [-0.1, -0.05) is 35.9 Å².